The molecule has 0 radical (unpaired) electrons. The molecule has 14 N–H and O–H groups in total. The highest BCUT2D eigenvalue weighted by Gasteiger charge is 2.46. The largest absolute Gasteiger partial charge is 0.550 e. The second kappa shape index (κ2) is 36.9. The van der Waals surface area contributed by atoms with E-state index in [0.29, 0.717) is 12.8 Å². The van der Waals surface area contributed by atoms with Crippen molar-refractivity contribution in [3.8, 4) is 0 Å². The Kier molecular flexibility index (Phi) is 28.2. The summed E-state index contributed by atoms with van der Waals surface area (Å²) in [5, 5.41) is 64.1. The van der Waals surface area contributed by atoms with Gasteiger partial charge in [0.2, 0.25) is 52.9 Å². The summed E-state index contributed by atoms with van der Waals surface area (Å²) in [6.45, 7) is 8.79. The van der Waals surface area contributed by atoms with Crippen LogP contribution in [0.5, 0.6) is 0 Å². The van der Waals surface area contributed by atoms with Crippen LogP contribution in [0.2, 0.25) is 0 Å². The number of carbonyl (C=O) groups excluding carboxylic acids is 9. The van der Waals surface area contributed by atoms with Crippen molar-refractivity contribution in [3.63, 3.8) is 0 Å². The Balaban J connectivity index is 1.07. The number of nitrogens with two attached hydrogens (primary N) is 2. The molecule has 556 valence electrons. The molecule has 2 fully saturated rings. The number of carbonyl (C=O) groups is 11. The second-order valence-electron chi connectivity index (χ2n) is 26.9. The van der Waals surface area contributed by atoms with Crippen molar-refractivity contribution in [2.75, 3.05) is 55.7 Å². The summed E-state index contributed by atoms with van der Waals surface area (Å²) in [6, 6.07) is 13.5. The average Bonchev–Trinajstić information content (AvgIpc) is 1.58. The fraction of sp³-hybridized carbons (Fsp3) is 0.446. The maximum absolute atomic E-state index is 14.6. The van der Waals surface area contributed by atoms with E-state index in [0.717, 1.165) is 88.4 Å². The van der Waals surface area contributed by atoms with Gasteiger partial charge < -0.3 is 83.7 Å². The summed E-state index contributed by atoms with van der Waals surface area (Å²) in [7, 11) is 1.99. The number of aliphatic hydroxyl groups excluding tert-OH is 1. The highest BCUT2D eigenvalue weighted by Crippen LogP contribution is 2.51. The molecule has 0 bridgehead atoms. The maximum Gasteiger partial charge on any atom is 0.326 e. The molecule has 30 heteroatoms. The molecule has 7 unspecified atom stereocenters. The lowest BCUT2D eigenvalue weighted by atomic mass is 9.79. The van der Waals surface area contributed by atoms with Crippen LogP contribution in [-0.2, 0) is 63.6 Å². The summed E-state index contributed by atoms with van der Waals surface area (Å²) >= 11 is 0. The van der Waals surface area contributed by atoms with Gasteiger partial charge >= 0.3 is 11.9 Å². The van der Waals surface area contributed by atoms with E-state index in [2.05, 4.69) is 86.9 Å². The van der Waals surface area contributed by atoms with Crippen LogP contribution in [0.4, 0.5) is 11.4 Å². The van der Waals surface area contributed by atoms with Crippen molar-refractivity contribution in [1.82, 2.24) is 42.1 Å². The molecule has 4 aromatic rings. The first kappa shape index (κ1) is 79.6. The van der Waals surface area contributed by atoms with Crippen molar-refractivity contribution >= 4 is 131 Å². The van der Waals surface area contributed by atoms with Gasteiger partial charge in [-0.15, -0.1) is 0 Å². The van der Waals surface area contributed by atoms with Crippen molar-refractivity contribution in [3.05, 3.63) is 132 Å². The third kappa shape index (κ3) is 20.2. The van der Waals surface area contributed by atoms with Crippen molar-refractivity contribution in [1.29, 1.82) is 0 Å². The topological polar surface area (TPSA) is 430 Å². The van der Waals surface area contributed by atoms with Gasteiger partial charge in [-0.3, -0.25) is 48.1 Å². The smallest absolute Gasteiger partial charge is 0.326 e. The van der Waals surface area contributed by atoms with Crippen LogP contribution in [0.25, 0.3) is 21.5 Å². The lowest BCUT2D eigenvalue weighted by Gasteiger charge is -2.30. The van der Waals surface area contributed by atoms with E-state index >= 15 is 0 Å². The minimum absolute atomic E-state index is 0.0329. The first-order valence-corrected chi connectivity index (χ1v) is 37.3. The summed E-state index contributed by atoms with van der Waals surface area (Å²) in [5.41, 5.74) is 15.6. The Morgan fingerprint density at radius 2 is 1.42 bits per heavy atom. The molecule has 4 aliphatic rings. The Hall–Kier alpha value is -10.1. The van der Waals surface area contributed by atoms with E-state index in [9.17, 15) is 73.2 Å². The second-order valence-corrected chi connectivity index (χ2v) is 29.4. The first-order valence-electron chi connectivity index (χ1n) is 34.8. The quantitative estimate of drug-likeness (QED) is 0.0113. The number of nitrogens with zero attached hydrogens (tertiary/aromatic N) is 4. The average molecular weight is 1470 g/mol. The number of allylic oxidation sites excluding steroid dienone is 8. The van der Waals surface area contributed by atoms with Crippen LogP contribution in [0.15, 0.2) is 126 Å². The van der Waals surface area contributed by atoms with Gasteiger partial charge in [-0.05, 0) is 91.3 Å². The number of benzene rings is 4. The number of fused-ring (bicyclic) bond motifs is 7. The van der Waals surface area contributed by atoms with Crippen molar-refractivity contribution in [2.45, 2.75) is 158 Å². The lowest BCUT2D eigenvalue weighted by Crippen LogP contribution is -2.60. The number of aliphatic hydroxyl groups is 1. The maximum atomic E-state index is 14.6. The van der Waals surface area contributed by atoms with Crippen molar-refractivity contribution in [2.24, 2.45) is 16.5 Å². The number of aliphatic imine (C=N–C) groups is 1. The number of carboxylic acid groups (broad SMARTS) is 3. The number of hydrogen-bond donors (Lipinski definition) is 12. The van der Waals surface area contributed by atoms with Crippen LogP contribution in [0.3, 0.4) is 0 Å². The third-order valence-electron chi connectivity index (χ3n) is 18.8. The number of unbranched alkanes of at least 4 members (excludes halogenated alkanes) is 2. The third-order valence-corrected chi connectivity index (χ3v) is 21.2. The molecular formula is C74H93N13O15S2. The number of nitrogens with one attached hydrogen (secondary N) is 7. The Morgan fingerprint density at radius 1 is 0.760 bits per heavy atom. The molecule has 8 amide bonds. The van der Waals surface area contributed by atoms with E-state index in [1.165, 1.54) is 0 Å². The SMILES string of the molecule is CCCCCC(NC(=O)C1CSSCC(NC(=O)CCN2/C(=C/C=C/C=C/C=C/C3=[N+](CCC(=O)[O-])c4ccc5ccccc5c4C3(C)C)C(C)(C)c3c2ccc2ccccc32)C(=O)NCC(=O)NC(CCCN=C(N)N)C(=O)NC(CC(=O)O)C(=O)NC(CO)C(=O)N2CCCC2C(=O)N1)C(=O)O. The molecule has 0 saturated carbocycles. The molecule has 4 aliphatic heterocycles. The van der Waals surface area contributed by atoms with Crippen LogP contribution < -0.4 is 58.7 Å². The number of hydrogen-bond acceptors (Lipinski definition) is 17. The summed E-state index contributed by atoms with van der Waals surface area (Å²) < 4.78 is 2.05. The molecule has 2 saturated heterocycles. The standard InChI is InChI=1S/C74H93N13O15S2/c1-6-7-11-24-49(71(101)102)81-68(98)53-43-104-103-42-52(65(95)78-40-60(90)79-48(25-18-35-77-72(75)76)66(96)82-50(39-62(93)94)67(97)83-51(41-88)70(100)87-36-19-26-56(87)69(99)84-53)80-59(89)33-37-85-54-31-29-44-20-14-16-22-46(44)63(54)73(2,3)57(85)27-12-9-8-10-13-28-58-74(4,5)64-47-23-17-15-21-45(47)30-32-55(64)86(58)38-34-61(91)92/h8-10,12-17,20-23,27-32,48-53,56,88H,6-7,11,18-19,24-26,33-43H2,1-5H3,(H13-,75,76,77,78,79,80,81,82,83,84,89,90,91,92,93,94,95,96,97,98,99,101,102). The zero-order valence-corrected chi connectivity index (χ0v) is 60.6. The van der Waals surface area contributed by atoms with Crippen LogP contribution >= 0.6 is 21.6 Å². The molecule has 0 spiro atoms. The van der Waals surface area contributed by atoms with E-state index in [4.69, 9.17) is 11.5 Å². The molecular weight excluding hydrogens is 1380 g/mol. The number of rotatable bonds is 25. The van der Waals surface area contributed by atoms with Crippen LogP contribution in [0, 0.1) is 0 Å². The monoisotopic (exact) mass is 1470 g/mol. The van der Waals surface area contributed by atoms with Gasteiger partial charge in [0.1, 0.15) is 42.3 Å². The number of anilines is 1. The van der Waals surface area contributed by atoms with E-state index in [1.807, 2.05) is 115 Å². The summed E-state index contributed by atoms with van der Waals surface area (Å²) in [6.07, 6.45) is 14.2. The van der Waals surface area contributed by atoms with Gasteiger partial charge in [0.05, 0.1) is 25.0 Å². The Labute approximate surface area is 610 Å². The van der Waals surface area contributed by atoms with Gasteiger partial charge in [-0.1, -0.05) is 147 Å². The van der Waals surface area contributed by atoms with Gasteiger partial charge in [0, 0.05) is 84.5 Å². The van der Waals surface area contributed by atoms with Crippen molar-refractivity contribution < 1.29 is 77.7 Å². The van der Waals surface area contributed by atoms with E-state index in [1.54, 1.807) is 0 Å². The summed E-state index contributed by atoms with van der Waals surface area (Å²) in [5.74, 6) is -12.2. The minimum Gasteiger partial charge on any atom is -0.550 e. The lowest BCUT2D eigenvalue weighted by molar-refractivity contribution is -0.439. The van der Waals surface area contributed by atoms with E-state index in [-0.39, 0.29) is 88.6 Å². The highest BCUT2D eigenvalue weighted by molar-refractivity contribution is 8.76. The van der Waals surface area contributed by atoms with Gasteiger partial charge in [0.25, 0.3) is 0 Å². The molecule has 28 nitrogen and oxygen atoms in total. The molecule has 4 heterocycles. The highest BCUT2D eigenvalue weighted by atomic mass is 33.1. The Morgan fingerprint density at radius 3 is 2.11 bits per heavy atom. The fourth-order valence-corrected chi connectivity index (χ4v) is 16.0. The fourth-order valence-electron chi connectivity index (χ4n) is 13.6. The van der Waals surface area contributed by atoms with Gasteiger partial charge in [-0.25, -0.2) is 4.79 Å². The van der Waals surface area contributed by atoms with E-state index < -0.39 is 138 Å². The molecule has 4 aromatic carbocycles. The molecule has 0 aliphatic carbocycles. The van der Waals surface area contributed by atoms with Crippen LogP contribution in [0.1, 0.15) is 116 Å². The molecule has 8 rings (SSSR count). The van der Waals surface area contributed by atoms with Gasteiger partial charge in [-0.2, -0.15) is 4.58 Å². The summed E-state index contributed by atoms with van der Waals surface area (Å²) in [4.78, 5) is 157. The first-order chi connectivity index (χ1) is 49.7. The minimum atomic E-state index is -1.91. The number of amides is 8. The molecule has 104 heavy (non-hydrogen) atoms. The molecule has 0 aromatic heterocycles. The van der Waals surface area contributed by atoms with Gasteiger partial charge in [0.15, 0.2) is 18.2 Å². The van der Waals surface area contributed by atoms with Crippen LogP contribution in [-0.4, -0.2) is 195 Å². The molecule has 7 atom stereocenters. The normalized spacial score (nSPS) is 22.0. The zero-order chi connectivity index (χ0) is 75.4. The predicted molar refractivity (Wildman–Crippen MR) is 396 cm³/mol. The predicted octanol–water partition coefficient (Wildman–Crippen LogP) is 2.85. The zero-order valence-electron chi connectivity index (χ0n) is 58.9. The Bertz CT molecular complexity index is 4110. The number of carboxylic acids is 3. The number of guanidine groups is 1. The number of aliphatic carboxylic acids is 3.